The van der Waals surface area contributed by atoms with E-state index < -0.39 is 53.0 Å². The number of alkyl halides is 4. The molecule has 0 spiro atoms. The average Bonchev–Trinajstić information content (AvgIpc) is 2.94. The lowest BCUT2D eigenvalue weighted by molar-refractivity contribution is -0.170. The molecule has 0 aromatic heterocycles. The minimum Gasteiger partial charge on any atom is -0.743 e. The number of rotatable bonds is 9. The molecule has 140 valence electrons. The van der Waals surface area contributed by atoms with Crippen LogP contribution < -0.4 is 0 Å². The van der Waals surface area contributed by atoms with E-state index in [1.807, 2.05) is 0 Å². The highest BCUT2D eigenvalue weighted by Crippen LogP contribution is 2.40. The molecule has 0 amide bonds. The maximum atomic E-state index is 13.1. The van der Waals surface area contributed by atoms with Crippen LogP contribution in [-0.4, -0.2) is 62.6 Å². The highest BCUT2D eigenvalue weighted by Gasteiger charge is 2.61. The van der Waals surface area contributed by atoms with Crippen molar-refractivity contribution in [3.05, 3.63) is 12.2 Å². The molecule has 1 fully saturated rings. The van der Waals surface area contributed by atoms with Crippen LogP contribution in [0.5, 0.6) is 0 Å². The molecule has 1 atom stereocenters. The summed E-state index contributed by atoms with van der Waals surface area (Å²) in [7, 11) is -6.53. The third-order valence-corrected chi connectivity index (χ3v) is 3.95. The maximum absolute atomic E-state index is 13.1. The summed E-state index contributed by atoms with van der Waals surface area (Å²) in [6.07, 6.45) is -1.70. The number of carbonyl (C=O) groups is 1. The van der Waals surface area contributed by atoms with Crippen LogP contribution in [0.15, 0.2) is 12.2 Å². The van der Waals surface area contributed by atoms with Gasteiger partial charge in [-0.3, -0.25) is 0 Å². The van der Waals surface area contributed by atoms with Gasteiger partial charge < -0.3 is 18.8 Å². The molecule has 0 N–H and O–H groups in total. The number of carbonyl (C=O) groups excluding carboxylic acids is 1. The Morgan fingerprint density at radius 2 is 1.96 bits per heavy atom. The summed E-state index contributed by atoms with van der Waals surface area (Å²) in [5, 5.41) is -5.76. The molecule has 7 nitrogen and oxygen atoms in total. The van der Waals surface area contributed by atoms with Crippen molar-refractivity contribution >= 4 is 16.1 Å². The normalized spacial score (nSPS) is 19.3. The number of hydrogen-bond donors (Lipinski definition) is 0. The van der Waals surface area contributed by atoms with Crippen molar-refractivity contribution in [1.29, 1.82) is 0 Å². The average molecular weight is 379 g/mol. The quantitative estimate of drug-likeness (QED) is 0.194. The van der Waals surface area contributed by atoms with E-state index in [1.165, 1.54) is 0 Å². The predicted octanol–water partition coefficient (Wildman–Crippen LogP) is 1.05. The first kappa shape index (κ1) is 20.8. The van der Waals surface area contributed by atoms with Gasteiger partial charge in [-0.15, -0.1) is 0 Å². The molecule has 1 aliphatic heterocycles. The molecule has 0 aliphatic carbocycles. The minimum atomic E-state index is -6.53. The second-order valence-electron chi connectivity index (χ2n) is 4.97. The summed E-state index contributed by atoms with van der Waals surface area (Å²) in [6, 6.07) is 0. The fourth-order valence-electron chi connectivity index (χ4n) is 1.62. The zero-order valence-corrected chi connectivity index (χ0v) is 13.1. The second-order valence-corrected chi connectivity index (χ2v) is 6.39. The van der Waals surface area contributed by atoms with E-state index >= 15 is 0 Å². The first-order valence-corrected chi connectivity index (χ1v) is 8.04. The second kappa shape index (κ2) is 7.76. The van der Waals surface area contributed by atoms with E-state index in [9.17, 15) is 35.3 Å². The molecule has 1 aliphatic rings. The van der Waals surface area contributed by atoms with E-state index in [0.717, 1.165) is 0 Å². The molecule has 0 aromatic rings. The summed E-state index contributed by atoms with van der Waals surface area (Å²) in [5.74, 6) is -5.97. The van der Waals surface area contributed by atoms with Crippen LogP contribution in [0.2, 0.25) is 0 Å². The Labute approximate surface area is 135 Å². The molecule has 1 unspecified atom stereocenters. The largest absolute Gasteiger partial charge is 0.743 e. The molecular formula is C12H15F4O7S-. The zero-order valence-electron chi connectivity index (χ0n) is 12.3. The van der Waals surface area contributed by atoms with Crippen LogP contribution in [0.1, 0.15) is 12.8 Å². The van der Waals surface area contributed by atoms with Gasteiger partial charge in [-0.05, 0) is 0 Å². The standard InChI is InChI=1S/C12H16F4O7S/c1-8(10(17)23-9-2-4-21-7-9)6-22-5-3-11(13,14)12(15,16)24(18,19)20/h9H,1-7H2,(H,18,19,20)/p-1. The summed E-state index contributed by atoms with van der Waals surface area (Å²) >= 11 is 0. The van der Waals surface area contributed by atoms with E-state index in [2.05, 4.69) is 11.3 Å². The van der Waals surface area contributed by atoms with Crippen molar-refractivity contribution in [3.8, 4) is 0 Å². The predicted molar refractivity (Wildman–Crippen MR) is 69.5 cm³/mol. The minimum absolute atomic E-state index is 0.213. The number of halogens is 4. The SMILES string of the molecule is C=C(COCCC(F)(F)C(F)(F)S(=O)(=O)[O-])C(=O)OC1CCOC1. The van der Waals surface area contributed by atoms with E-state index in [4.69, 9.17) is 9.47 Å². The highest BCUT2D eigenvalue weighted by atomic mass is 32.2. The summed E-state index contributed by atoms with van der Waals surface area (Å²) in [4.78, 5) is 11.5. The monoisotopic (exact) mass is 379 g/mol. The smallest absolute Gasteiger partial charge is 0.396 e. The van der Waals surface area contributed by atoms with E-state index in [1.54, 1.807) is 0 Å². The molecule has 1 rings (SSSR count). The fourth-order valence-corrected chi connectivity index (χ4v) is 2.09. The van der Waals surface area contributed by atoms with Gasteiger partial charge in [-0.25, -0.2) is 13.2 Å². The van der Waals surface area contributed by atoms with Gasteiger partial charge in [0.2, 0.25) is 0 Å². The van der Waals surface area contributed by atoms with E-state index in [0.29, 0.717) is 13.0 Å². The van der Waals surface area contributed by atoms with Crippen LogP contribution in [0.3, 0.4) is 0 Å². The Balaban J connectivity index is 2.39. The molecule has 12 heteroatoms. The molecular weight excluding hydrogens is 364 g/mol. The maximum Gasteiger partial charge on any atom is 0.396 e. The Morgan fingerprint density at radius 1 is 1.33 bits per heavy atom. The van der Waals surface area contributed by atoms with Gasteiger partial charge in [-0.1, -0.05) is 6.58 Å². The molecule has 0 radical (unpaired) electrons. The van der Waals surface area contributed by atoms with Crippen molar-refractivity contribution < 1.29 is 49.5 Å². The zero-order chi connectivity index (χ0) is 18.6. The van der Waals surface area contributed by atoms with Crippen molar-refractivity contribution in [2.24, 2.45) is 0 Å². The summed E-state index contributed by atoms with van der Waals surface area (Å²) < 4.78 is 96.9. The van der Waals surface area contributed by atoms with Gasteiger partial charge in [-0.2, -0.15) is 17.6 Å². The van der Waals surface area contributed by atoms with Crippen molar-refractivity contribution in [1.82, 2.24) is 0 Å². The Bertz CT molecular complexity index is 570. The van der Waals surface area contributed by atoms with Gasteiger partial charge in [0.25, 0.3) is 0 Å². The van der Waals surface area contributed by atoms with Gasteiger partial charge in [0.15, 0.2) is 10.1 Å². The fraction of sp³-hybridized carbons (Fsp3) is 0.750. The van der Waals surface area contributed by atoms with Crippen LogP contribution in [0.4, 0.5) is 17.6 Å². The topological polar surface area (TPSA) is 102 Å². The van der Waals surface area contributed by atoms with Crippen molar-refractivity contribution in [2.75, 3.05) is 26.4 Å². The lowest BCUT2D eigenvalue weighted by Crippen LogP contribution is -2.47. The third-order valence-electron chi connectivity index (χ3n) is 3.03. The number of esters is 1. The van der Waals surface area contributed by atoms with Crippen LogP contribution in [-0.2, 0) is 29.1 Å². The van der Waals surface area contributed by atoms with Gasteiger partial charge in [0.05, 0.1) is 32.0 Å². The molecule has 1 heterocycles. The third kappa shape index (κ3) is 5.13. The molecule has 0 saturated carbocycles. The lowest BCUT2D eigenvalue weighted by atomic mass is 10.2. The Kier molecular flexibility index (Phi) is 6.73. The van der Waals surface area contributed by atoms with Crippen LogP contribution in [0, 0.1) is 0 Å². The molecule has 0 bridgehead atoms. The number of ether oxygens (including phenoxy) is 3. The highest BCUT2D eigenvalue weighted by molar-refractivity contribution is 7.86. The first-order chi connectivity index (χ1) is 10.9. The Hall–Kier alpha value is -1.24. The summed E-state index contributed by atoms with van der Waals surface area (Å²) in [5.41, 5.74) is -0.242. The van der Waals surface area contributed by atoms with Gasteiger partial charge in [0.1, 0.15) is 6.10 Å². The van der Waals surface area contributed by atoms with Crippen LogP contribution in [0.25, 0.3) is 0 Å². The van der Waals surface area contributed by atoms with Crippen LogP contribution >= 0.6 is 0 Å². The lowest BCUT2D eigenvalue weighted by Gasteiger charge is -2.28. The van der Waals surface area contributed by atoms with Crippen molar-refractivity contribution in [3.63, 3.8) is 0 Å². The van der Waals surface area contributed by atoms with Gasteiger partial charge >= 0.3 is 17.1 Å². The molecule has 1 saturated heterocycles. The Morgan fingerprint density at radius 3 is 2.46 bits per heavy atom. The van der Waals surface area contributed by atoms with E-state index in [-0.39, 0.29) is 12.2 Å². The first-order valence-electron chi connectivity index (χ1n) is 6.64. The van der Waals surface area contributed by atoms with Crippen molar-refractivity contribution in [2.45, 2.75) is 30.1 Å². The molecule has 0 aromatic carbocycles. The van der Waals surface area contributed by atoms with Gasteiger partial charge in [0, 0.05) is 12.8 Å². The number of hydrogen-bond acceptors (Lipinski definition) is 7. The molecule has 24 heavy (non-hydrogen) atoms. The summed E-state index contributed by atoms with van der Waals surface area (Å²) in [6.45, 7) is 2.32.